The molecule has 0 saturated carbocycles. The molecule has 6 nitrogen and oxygen atoms in total. The minimum Gasteiger partial charge on any atom is -0.494 e. The molecule has 0 aliphatic rings. The fourth-order valence-electron chi connectivity index (χ4n) is 4.27. The Balaban J connectivity index is 1.86. The summed E-state index contributed by atoms with van der Waals surface area (Å²) in [5.41, 5.74) is 5.42. The third kappa shape index (κ3) is 5.28. The number of rotatable bonds is 8. The molecule has 0 radical (unpaired) electrons. The number of fused-ring (bicyclic) bond motifs is 1. The fourth-order valence-corrected chi connectivity index (χ4v) is 4.27. The Labute approximate surface area is 206 Å². The van der Waals surface area contributed by atoms with Gasteiger partial charge in [-0.1, -0.05) is 42.5 Å². The van der Waals surface area contributed by atoms with E-state index in [-0.39, 0.29) is 11.8 Å². The molecular formula is C29H32N4O2. The van der Waals surface area contributed by atoms with Crippen LogP contribution in [0.15, 0.2) is 77.8 Å². The summed E-state index contributed by atoms with van der Waals surface area (Å²) in [6.45, 7) is 6.06. The maximum atomic E-state index is 13.0. The number of aromatic hydroxyl groups is 1. The lowest BCUT2D eigenvalue weighted by Gasteiger charge is -2.18. The number of aromatic amines is 1. The fraction of sp³-hybridized carbons (Fsp3) is 0.241. The smallest absolute Gasteiger partial charge is 0.253 e. The number of carbonyl (C=O) groups is 1. The second kappa shape index (κ2) is 10.6. The van der Waals surface area contributed by atoms with Crippen molar-refractivity contribution in [3.8, 4) is 5.88 Å². The van der Waals surface area contributed by atoms with Crippen molar-refractivity contribution in [1.29, 1.82) is 0 Å². The number of aliphatic imine (C=N–C) groups is 1. The minimum absolute atomic E-state index is 0.0271. The Morgan fingerprint density at radius 1 is 0.914 bits per heavy atom. The number of hydrogen-bond acceptors (Lipinski definition) is 4. The summed E-state index contributed by atoms with van der Waals surface area (Å²) in [4.78, 5) is 25.0. The zero-order valence-electron chi connectivity index (χ0n) is 20.7. The molecule has 1 heterocycles. The van der Waals surface area contributed by atoms with Crippen molar-refractivity contribution in [2.75, 3.05) is 27.2 Å². The Hall–Kier alpha value is -3.90. The van der Waals surface area contributed by atoms with Crippen molar-refractivity contribution in [1.82, 2.24) is 14.8 Å². The highest BCUT2D eigenvalue weighted by molar-refractivity contribution is 6.22. The molecule has 0 fully saturated rings. The van der Waals surface area contributed by atoms with Crippen LogP contribution < -0.4 is 0 Å². The van der Waals surface area contributed by atoms with Crippen LogP contribution in [-0.4, -0.2) is 58.7 Å². The van der Waals surface area contributed by atoms with Crippen molar-refractivity contribution in [2.45, 2.75) is 20.4 Å². The summed E-state index contributed by atoms with van der Waals surface area (Å²) >= 11 is 0. The summed E-state index contributed by atoms with van der Waals surface area (Å²) < 4.78 is 0. The lowest BCUT2D eigenvalue weighted by Crippen LogP contribution is -2.30. The van der Waals surface area contributed by atoms with Crippen LogP contribution in [0.5, 0.6) is 5.88 Å². The van der Waals surface area contributed by atoms with Crippen molar-refractivity contribution >= 4 is 28.2 Å². The van der Waals surface area contributed by atoms with E-state index in [2.05, 4.69) is 22.0 Å². The van der Waals surface area contributed by atoms with E-state index in [1.165, 1.54) is 5.56 Å². The van der Waals surface area contributed by atoms with Crippen LogP contribution in [-0.2, 0) is 6.54 Å². The third-order valence-electron chi connectivity index (χ3n) is 6.04. The SMILES string of the molecule is CCN(CC)C(=O)c1ccc2[nH]c(O)c(C(=Nc3ccc(CN(C)C)cc3)c3ccccc3)c2c1. The molecule has 1 amide bonds. The number of hydrogen-bond donors (Lipinski definition) is 2. The lowest BCUT2D eigenvalue weighted by molar-refractivity contribution is 0.0773. The number of nitrogens with one attached hydrogen (secondary N) is 1. The molecule has 180 valence electrons. The molecule has 0 aliphatic carbocycles. The standard InChI is InChI=1S/C29H32N4O2/c1-5-33(6-2)29(35)22-14-17-25-24(18-22)26(28(34)31-25)27(21-10-8-7-9-11-21)30-23-15-12-20(13-16-23)19-32(3)4/h7-18,31,34H,5-6,19H2,1-4H3. The maximum Gasteiger partial charge on any atom is 0.253 e. The van der Waals surface area contributed by atoms with Gasteiger partial charge in [0.05, 0.1) is 17.0 Å². The van der Waals surface area contributed by atoms with Crippen LogP contribution in [0, 0.1) is 0 Å². The normalized spacial score (nSPS) is 11.9. The second-order valence-electron chi connectivity index (χ2n) is 8.82. The van der Waals surface area contributed by atoms with E-state index < -0.39 is 0 Å². The van der Waals surface area contributed by atoms with Crippen LogP contribution in [0.4, 0.5) is 5.69 Å². The summed E-state index contributed by atoms with van der Waals surface area (Å²) in [5.74, 6) is -0.00232. The highest BCUT2D eigenvalue weighted by Crippen LogP contribution is 2.32. The van der Waals surface area contributed by atoms with Crippen molar-refractivity contribution in [2.24, 2.45) is 4.99 Å². The van der Waals surface area contributed by atoms with E-state index in [0.29, 0.717) is 29.9 Å². The van der Waals surface area contributed by atoms with Gasteiger partial charge in [-0.3, -0.25) is 4.79 Å². The molecule has 2 N–H and O–H groups in total. The molecule has 1 aromatic heterocycles. The molecule has 4 aromatic rings. The summed E-state index contributed by atoms with van der Waals surface area (Å²) in [5, 5.41) is 11.7. The molecule has 6 heteroatoms. The van der Waals surface area contributed by atoms with Gasteiger partial charge in [0, 0.05) is 41.7 Å². The highest BCUT2D eigenvalue weighted by Gasteiger charge is 2.21. The van der Waals surface area contributed by atoms with Gasteiger partial charge in [0.2, 0.25) is 0 Å². The molecule has 0 bridgehead atoms. The van der Waals surface area contributed by atoms with E-state index >= 15 is 0 Å². The van der Waals surface area contributed by atoms with E-state index in [4.69, 9.17) is 4.99 Å². The molecule has 0 aliphatic heterocycles. The van der Waals surface area contributed by atoms with Crippen LogP contribution in [0.1, 0.15) is 40.9 Å². The first-order valence-electron chi connectivity index (χ1n) is 11.9. The van der Waals surface area contributed by atoms with Gasteiger partial charge in [-0.05, 0) is 63.8 Å². The monoisotopic (exact) mass is 468 g/mol. The predicted molar refractivity (Wildman–Crippen MR) is 143 cm³/mol. The number of H-pyrrole nitrogens is 1. The van der Waals surface area contributed by atoms with Crippen LogP contribution >= 0.6 is 0 Å². The molecule has 0 unspecified atom stereocenters. The van der Waals surface area contributed by atoms with Gasteiger partial charge in [0.25, 0.3) is 5.91 Å². The molecule has 35 heavy (non-hydrogen) atoms. The first kappa shape index (κ1) is 24.2. The van der Waals surface area contributed by atoms with Gasteiger partial charge in [-0.15, -0.1) is 0 Å². The Kier molecular flexibility index (Phi) is 7.32. The van der Waals surface area contributed by atoms with Gasteiger partial charge >= 0.3 is 0 Å². The molecule has 0 saturated heterocycles. The third-order valence-corrected chi connectivity index (χ3v) is 6.04. The number of aromatic nitrogens is 1. The summed E-state index contributed by atoms with van der Waals surface area (Å²) in [7, 11) is 4.08. The van der Waals surface area contributed by atoms with Gasteiger partial charge in [0.15, 0.2) is 5.88 Å². The van der Waals surface area contributed by atoms with Gasteiger partial charge in [-0.25, -0.2) is 4.99 Å². The van der Waals surface area contributed by atoms with Crippen LogP contribution in [0.2, 0.25) is 0 Å². The van der Waals surface area contributed by atoms with E-state index in [0.717, 1.165) is 28.7 Å². The van der Waals surface area contributed by atoms with Gasteiger partial charge in [0.1, 0.15) is 0 Å². The maximum absolute atomic E-state index is 13.0. The van der Waals surface area contributed by atoms with E-state index in [1.54, 1.807) is 11.0 Å². The number of benzene rings is 3. The highest BCUT2D eigenvalue weighted by atomic mass is 16.3. The summed E-state index contributed by atoms with van der Waals surface area (Å²) in [6, 6.07) is 23.4. The molecular weight excluding hydrogens is 436 g/mol. The first-order valence-corrected chi connectivity index (χ1v) is 11.9. The average molecular weight is 469 g/mol. The van der Waals surface area contributed by atoms with Crippen LogP contribution in [0.25, 0.3) is 10.9 Å². The van der Waals surface area contributed by atoms with E-state index in [1.807, 2.05) is 82.5 Å². The number of nitrogens with zero attached hydrogens (tertiary/aromatic N) is 3. The van der Waals surface area contributed by atoms with Crippen molar-refractivity contribution in [3.05, 3.63) is 95.1 Å². The predicted octanol–water partition coefficient (Wildman–Crippen LogP) is 5.59. The molecule has 3 aromatic carbocycles. The van der Waals surface area contributed by atoms with Crippen molar-refractivity contribution < 1.29 is 9.90 Å². The molecule has 0 spiro atoms. The zero-order chi connectivity index (χ0) is 24.9. The topological polar surface area (TPSA) is 71.9 Å². The second-order valence-corrected chi connectivity index (χ2v) is 8.82. The minimum atomic E-state index is -0.0294. The number of amides is 1. The van der Waals surface area contributed by atoms with E-state index in [9.17, 15) is 9.90 Å². The van der Waals surface area contributed by atoms with Gasteiger partial charge < -0.3 is 19.9 Å². The average Bonchev–Trinajstić information content (AvgIpc) is 3.19. The van der Waals surface area contributed by atoms with Crippen LogP contribution in [0.3, 0.4) is 0 Å². The Morgan fingerprint density at radius 3 is 2.23 bits per heavy atom. The Morgan fingerprint density at radius 2 is 1.60 bits per heavy atom. The summed E-state index contributed by atoms with van der Waals surface area (Å²) in [6.07, 6.45) is 0. The Bertz CT molecular complexity index is 1330. The largest absolute Gasteiger partial charge is 0.494 e. The number of carbonyl (C=O) groups excluding carboxylic acids is 1. The zero-order valence-corrected chi connectivity index (χ0v) is 20.7. The lowest BCUT2D eigenvalue weighted by atomic mass is 9.99. The molecule has 4 rings (SSSR count). The van der Waals surface area contributed by atoms with Gasteiger partial charge in [-0.2, -0.15) is 0 Å². The first-order chi connectivity index (χ1) is 16.9. The van der Waals surface area contributed by atoms with Crippen molar-refractivity contribution in [3.63, 3.8) is 0 Å². The quantitative estimate of drug-likeness (QED) is 0.331. The molecule has 0 atom stereocenters.